The fourth-order valence-corrected chi connectivity index (χ4v) is 2.67. The Bertz CT molecular complexity index is 228. The van der Waals surface area contributed by atoms with Crippen molar-refractivity contribution in [1.29, 1.82) is 0 Å². The maximum atomic E-state index is 11.5. The number of carbonyl (C=O) groups excluding carboxylic acids is 1. The summed E-state index contributed by atoms with van der Waals surface area (Å²) in [6.45, 7) is 4.10. The molecule has 86 valence electrons. The van der Waals surface area contributed by atoms with E-state index in [-0.39, 0.29) is 12.1 Å². The summed E-state index contributed by atoms with van der Waals surface area (Å²) in [5.41, 5.74) is 0. The first-order chi connectivity index (χ1) is 7.13. The fraction of sp³-hybridized carbons (Fsp3) is 0.917. The molecule has 3 nitrogen and oxygen atoms in total. The molecule has 0 aromatic rings. The standard InChI is InChI=1S/C12H21NO2/c1-8(2)5-12(14)15-11-6-9-3-4-10(7-11)13-9/h8-11,13H,3-7H2,1-2H3. The number of esters is 1. The fourth-order valence-electron chi connectivity index (χ4n) is 2.67. The number of carbonyl (C=O) groups is 1. The van der Waals surface area contributed by atoms with Crippen molar-refractivity contribution in [3.05, 3.63) is 0 Å². The van der Waals surface area contributed by atoms with Gasteiger partial charge in [-0.1, -0.05) is 13.8 Å². The van der Waals surface area contributed by atoms with E-state index in [1.54, 1.807) is 0 Å². The molecule has 2 unspecified atom stereocenters. The molecule has 0 aromatic carbocycles. The highest BCUT2D eigenvalue weighted by atomic mass is 16.5. The lowest BCUT2D eigenvalue weighted by molar-refractivity contribution is -0.151. The van der Waals surface area contributed by atoms with Crippen molar-refractivity contribution in [2.24, 2.45) is 5.92 Å². The summed E-state index contributed by atoms with van der Waals surface area (Å²) in [6.07, 6.45) is 5.26. The van der Waals surface area contributed by atoms with E-state index in [0.29, 0.717) is 24.4 Å². The molecule has 1 N–H and O–H groups in total. The molecule has 3 heteroatoms. The van der Waals surface area contributed by atoms with Gasteiger partial charge in [-0.05, 0) is 31.6 Å². The maximum Gasteiger partial charge on any atom is 0.306 e. The Morgan fingerprint density at radius 3 is 2.47 bits per heavy atom. The van der Waals surface area contributed by atoms with Crippen molar-refractivity contribution in [2.75, 3.05) is 0 Å². The molecular formula is C12H21NO2. The second-order valence-electron chi connectivity index (χ2n) is 5.32. The van der Waals surface area contributed by atoms with Crippen LogP contribution in [0.4, 0.5) is 0 Å². The van der Waals surface area contributed by atoms with Gasteiger partial charge in [-0.25, -0.2) is 0 Å². The van der Waals surface area contributed by atoms with Crippen LogP contribution >= 0.6 is 0 Å². The van der Waals surface area contributed by atoms with Gasteiger partial charge in [-0.3, -0.25) is 4.79 Å². The number of hydrogen-bond acceptors (Lipinski definition) is 3. The molecule has 2 fully saturated rings. The van der Waals surface area contributed by atoms with Crippen LogP contribution in [0.2, 0.25) is 0 Å². The molecule has 0 radical (unpaired) electrons. The lowest BCUT2D eigenvalue weighted by Gasteiger charge is -2.28. The molecule has 0 aliphatic carbocycles. The Balaban J connectivity index is 1.78. The zero-order valence-corrected chi connectivity index (χ0v) is 9.66. The zero-order chi connectivity index (χ0) is 10.8. The normalized spacial score (nSPS) is 34.5. The Kier molecular flexibility index (Phi) is 3.29. The van der Waals surface area contributed by atoms with E-state index in [1.807, 2.05) is 13.8 Å². The molecule has 2 saturated heterocycles. The van der Waals surface area contributed by atoms with E-state index in [0.717, 1.165) is 12.8 Å². The third-order valence-corrected chi connectivity index (χ3v) is 3.30. The molecule has 15 heavy (non-hydrogen) atoms. The van der Waals surface area contributed by atoms with Gasteiger partial charge in [0.25, 0.3) is 0 Å². The van der Waals surface area contributed by atoms with Crippen LogP contribution in [0.15, 0.2) is 0 Å². The van der Waals surface area contributed by atoms with Gasteiger partial charge in [0, 0.05) is 18.5 Å². The van der Waals surface area contributed by atoms with E-state index in [9.17, 15) is 4.79 Å². The summed E-state index contributed by atoms with van der Waals surface area (Å²) >= 11 is 0. The van der Waals surface area contributed by atoms with Crippen LogP contribution < -0.4 is 5.32 Å². The van der Waals surface area contributed by atoms with Crippen molar-refractivity contribution in [1.82, 2.24) is 5.32 Å². The van der Waals surface area contributed by atoms with E-state index in [2.05, 4.69) is 5.32 Å². The lowest BCUT2D eigenvalue weighted by Crippen LogP contribution is -2.42. The van der Waals surface area contributed by atoms with Crippen LogP contribution in [0.25, 0.3) is 0 Å². The summed E-state index contributed by atoms with van der Waals surface area (Å²) in [6, 6.07) is 1.20. The smallest absolute Gasteiger partial charge is 0.306 e. The Morgan fingerprint density at radius 1 is 1.33 bits per heavy atom. The number of piperidine rings is 1. The van der Waals surface area contributed by atoms with Crippen molar-refractivity contribution < 1.29 is 9.53 Å². The van der Waals surface area contributed by atoms with E-state index in [4.69, 9.17) is 4.74 Å². The Morgan fingerprint density at radius 2 is 1.93 bits per heavy atom. The second-order valence-corrected chi connectivity index (χ2v) is 5.32. The first kappa shape index (κ1) is 10.9. The van der Waals surface area contributed by atoms with E-state index >= 15 is 0 Å². The van der Waals surface area contributed by atoms with E-state index < -0.39 is 0 Å². The van der Waals surface area contributed by atoms with Crippen LogP contribution in [0.3, 0.4) is 0 Å². The molecule has 2 bridgehead atoms. The Hall–Kier alpha value is -0.570. The number of nitrogens with one attached hydrogen (secondary N) is 1. The number of ether oxygens (including phenoxy) is 1. The Labute approximate surface area is 91.6 Å². The maximum absolute atomic E-state index is 11.5. The predicted molar refractivity (Wildman–Crippen MR) is 58.5 cm³/mol. The number of hydrogen-bond donors (Lipinski definition) is 1. The molecule has 0 spiro atoms. The number of fused-ring (bicyclic) bond motifs is 2. The molecule has 0 amide bonds. The molecule has 0 saturated carbocycles. The molecule has 0 aromatic heterocycles. The highest BCUT2D eigenvalue weighted by molar-refractivity contribution is 5.69. The highest BCUT2D eigenvalue weighted by Gasteiger charge is 2.35. The van der Waals surface area contributed by atoms with Crippen LogP contribution in [-0.2, 0) is 9.53 Å². The third kappa shape index (κ3) is 2.94. The van der Waals surface area contributed by atoms with Crippen molar-refractivity contribution in [3.63, 3.8) is 0 Å². The summed E-state index contributed by atoms with van der Waals surface area (Å²) < 4.78 is 5.50. The van der Waals surface area contributed by atoms with Gasteiger partial charge in [0.2, 0.25) is 0 Å². The van der Waals surface area contributed by atoms with Crippen LogP contribution in [0.1, 0.15) is 46.0 Å². The second kappa shape index (κ2) is 4.52. The van der Waals surface area contributed by atoms with Gasteiger partial charge >= 0.3 is 5.97 Å². The van der Waals surface area contributed by atoms with Crippen molar-refractivity contribution >= 4 is 5.97 Å². The first-order valence-electron chi connectivity index (χ1n) is 6.09. The average Bonchev–Trinajstić information content (AvgIpc) is 2.44. The van der Waals surface area contributed by atoms with Gasteiger partial charge in [0.15, 0.2) is 0 Å². The third-order valence-electron chi connectivity index (χ3n) is 3.30. The van der Waals surface area contributed by atoms with Gasteiger partial charge in [0.05, 0.1) is 0 Å². The van der Waals surface area contributed by atoms with Gasteiger partial charge in [-0.15, -0.1) is 0 Å². The molecule has 2 aliphatic heterocycles. The topological polar surface area (TPSA) is 38.3 Å². The van der Waals surface area contributed by atoms with Crippen molar-refractivity contribution in [3.8, 4) is 0 Å². The van der Waals surface area contributed by atoms with Crippen LogP contribution in [-0.4, -0.2) is 24.2 Å². The first-order valence-corrected chi connectivity index (χ1v) is 6.09. The highest BCUT2D eigenvalue weighted by Crippen LogP contribution is 2.28. The molecular weight excluding hydrogens is 190 g/mol. The monoisotopic (exact) mass is 211 g/mol. The molecule has 2 rings (SSSR count). The van der Waals surface area contributed by atoms with Crippen LogP contribution in [0.5, 0.6) is 0 Å². The predicted octanol–water partition coefficient (Wildman–Crippen LogP) is 1.86. The SMILES string of the molecule is CC(C)CC(=O)OC1CC2CCC(C1)N2. The van der Waals surface area contributed by atoms with Crippen molar-refractivity contribution in [2.45, 2.75) is 64.1 Å². The van der Waals surface area contributed by atoms with Crippen LogP contribution in [0, 0.1) is 5.92 Å². The summed E-state index contributed by atoms with van der Waals surface area (Å²) in [7, 11) is 0. The molecule has 2 aliphatic rings. The summed E-state index contributed by atoms with van der Waals surface area (Å²) in [5, 5.41) is 3.54. The largest absolute Gasteiger partial charge is 0.462 e. The van der Waals surface area contributed by atoms with Gasteiger partial charge in [0.1, 0.15) is 6.10 Å². The number of rotatable bonds is 3. The quantitative estimate of drug-likeness (QED) is 0.724. The zero-order valence-electron chi connectivity index (χ0n) is 9.66. The minimum atomic E-state index is -0.0173. The van der Waals surface area contributed by atoms with Gasteiger partial charge < -0.3 is 10.1 Å². The summed E-state index contributed by atoms with van der Waals surface area (Å²) in [5.74, 6) is 0.382. The molecule has 2 heterocycles. The summed E-state index contributed by atoms with van der Waals surface area (Å²) in [4.78, 5) is 11.5. The van der Waals surface area contributed by atoms with E-state index in [1.165, 1.54) is 12.8 Å². The minimum absolute atomic E-state index is 0.0173. The molecule has 2 atom stereocenters. The average molecular weight is 211 g/mol. The lowest BCUT2D eigenvalue weighted by atomic mass is 10.0. The van der Waals surface area contributed by atoms with Gasteiger partial charge in [-0.2, -0.15) is 0 Å². The minimum Gasteiger partial charge on any atom is -0.462 e.